The number of benzene rings is 1. The summed E-state index contributed by atoms with van der Waals surface area (Å²) in [5.41, 5.74) is -0.502. The molecule has 2 N–H and O–H groups in total. The zero-order valence-corrected chi connectivity index (χ0v) is 10.5. The first-order chi connectivity index (χ1) is 8.93. The van der Waals surface area contributed by atoms with Gasteiger partial charge in [0.05, 0.1) is 23.6 Å². The topological polar surface area (TPSA) is 95.7 Å². The average Bonchev–Trinajstić information content (AvgIpc) is 2.35. The quantitative estimate of drug-likeness (QED) is 0.640. The van der Waals surface area contributed by atoms with Crippen LogP contribution >= 0.6 is 0 Å². The number of carbonyl (C=O) groups is 1. The number of nitro groups is 1. The molecule has 0 unspecified atom stereocenters. The van der Waals surface area contributed by atoms with E-state index in [1.54, 1.807) is 6.07 Å². The van der Waals surface area contributed by atoms with Crippen molar-refractivity contribution in [2.45, 2.75) is 18.9 Å². The Labute approximate surface area is 110 Å². The molecule has 0 saturated carbocycles. The van der Waals surface area contributed by atoms with Crippen molar-refractivity contribution in [1.29, 1.82) is 0 Å². The lowest BCUT2D eigenvalue weighted by atomic mass is 9.92. The van der Waals surface area contributed by atoms with Gasteiger partial charge in [0.1, 0.15) is 0 Å². The van der Waals surface area contributed by atoms with Crippen molar-refractivity contribution in [1.82, 2.24) is 4.90 Å². The SMILES string of the molecule is CCC1(O)CN(C(=O)Nc2cccc([N+](=O)[O-])c2)C1. The molecule has 19 heavy (non-hydrogen) atoms. The molecule has 0 radical (unpaired) electrons. The molecule has 1 aliphatic heterocycles. The molecule has 1 saturated heterocycles. The maximum atomic E-state index is 11.8. The summed E-state index contributed by atoms with van der Waals surface area (Å²) in [6.07, 6.45) is 0.591. The number of urea groups is 1. The summed E-state index contributed by atoms with van der Waals surface area (Å²) in [6, 6.07) is 5.38. The van der Waals surface area contributed by atoms with E-state index in [4.69, 9.17) is 0 Å². The lowest BCUT2D eigenvalue weighted by Gasteiger charge is -2.45. The number of nitrogens with zero attached hydrogens (tertiary/aromatic N) is 2. The number of aliphatic hydroxyl groups is 1. The van der Waals surface area contributed by atoms with Gasteiger partial charge in [-0.2, -0.15) is 0 Å². The molecule has 0 aromatic heterocycles. The Hall–Kier alpha value is -2.15. The number of nitro benzene ring substituents is 1. The van der Waals surface area contributed by atoms with E-state index in [-0.39, 0.29) is 24.8 Å². The first kappa shape index (κ1) is 13.3. The Morgan fingerprint density at radius 2 is 2.26 bits per heavy atom. The monoisotopic (exact) mass is 265 g/mol. The molecule has 0 aliphatic carbocycles. The van der Waals surface area contributed by atoms with Crippen molar-refractivity contribution >= 4 is 17.4 Å². The molecule has 2 amide bonds. The summed E-state index contributed by atoms with van der Waals surface area (Å²) in [5, 5.41) is 23.0. The maximum Gasteiger partial charge on any atom is 0.322 e. The smallest absolute Gasteiger partial charge is 0.322 e. The number of non-ortho nitro benzene ring substituents is 1. The third kappa shape index (κ3) is 2.82. The molecule has 1 aliphatic rings. The predicted octanol–water partition coefficient (Wildman–Crippen LogP) is 1.58. The van der Waals surface area contributed by atoms with Gasteiger partial charge in [0.15, 0.2) is 0 Å². The molecule has 1 aromatic rings. The number of amides is 2. The highest BCUT2D eigenvalue weighted by Crippen LogP contribution is 2.25. The second-order valence-corrected chi connectivity index (χ2v) is 4.67. The maximum absolute atomic E-state index is 11.8. The first-order valence-electron chi connectivity index (χ1n) is 5.96. The Kier molecular flexibility index (Phi) is 3.39. The van der Waals surface area contributed by atoms with Gasteiger partial charge in [0, 0.05) is 17.8 Å². The van der Waals surface area contributed by atoms with Gasteiger partial charge in [0.25, 0.3) is 5.69 Å². The second-order valence-electron chi connectivity index (χ2n) is 4.67. The van der Waals surface area contributed by atoms with E-state index in [1.165, 1.54) is 23.1 Å². The van der Waals surface area contributed by atoms with Crippen LogP contribution in [-0.4, -0.2) is 39.7 Å². The number of hydrogen-bond donors (Lipinski definition) is 2. The molecular formula is C12H15N3O4. The van der Waals surface area contributed by atoms with E-state index >= 15 is 0 Å². The third-order valence-corrected chi connectivity index (χ3v) is 3.22. The molecule has 0 bridgehead atoms. The van der Waals surface area contributed by atoms with Crippen LogP contribution < -0.4 is 5.32 Å². The fraction of sp³-hybridized carbons (Fsp3) is 0.417. The Morgan fingerprint density at radius 3 is 2.84 bits per heavy atom. The summed E-state index contributed by atoms with van der Waals surface area (Å²) < 4.78 is 0. The summed E-state index contributed by atoms with van der Waals surface area (Å²) in [6.45, 7) is 2.42. The van der Waals surface area contributed by atoms with Gasteiger partial charge in [-0.3, -0.25) is 10.1 Å². The Balaban J connectivity index is 1.97. The van der Waals surface area contributed by atoms with Gasteiger partial charge in [-0.25, -0.2) is 4.79 Å². The third-order valence-electron chi connectivity index (χ3n) is 3.22. The number of hydrogen-bond acceptors (Lipinski definition) is 4. The zero-order valence-electron chi connectivity index (χ0n) is 10.5. The number of anilines is 1. The van der Waals surface area contributed by atoms with Crippen LogP contribution in [0.4, 0.5) is 16.2 Å². The molecule has 0 spiro atoms. The number of nitrogens with one attached hydrogen (secondary N) is 1. The van der Waals surface area contributed by atoms with Crippen LogP contribution in [0.3, 0.4) is 0 Å². The summed E-state index contributed by atoms with van der Waals surface area (Å²) >= 11 is 0. The minimum Gasteiger partial charge on any atom is -0.386 e. The van der Waals surface area contributed by atoms with Crippen molar-refractivity contribution in [2.75, 3.05) is 18.4 Å². The van der Waals surface area contributed by atoms with Crippen molar-refractivity contribution in [2.24, 2.45) is 0 Å². The predicted molar refractivity (Wildman–Crippen MR) is 68.9 cm³/mol. The number of β-amino-alcohol motifs (C(OH)–C–C–N with tert-alkyl or cyclic N) is 1. The van der Waals surface area contributed by atoms with Crippen LogP contribution in [-0.2, 0) is 0 Å². The van der Waals surface area contributed by atoms with Crippen LogP contribution in [0, 0.1) is 10.1 Å². The van der Waals surface area contributed by atoms with Crippen LogP contribution in [0.15, 0.2) is 24.3 Å². The fourth-order valence-electron chi connectivity index (χ4n) is 1.93. The summed E-state index contributed by atoms with van der Waals surface area (Å²) in [7, 11) is 0. The van der Waals surface area contributed by atoms with Gasteiger partial charge < -0.3 is 15.3 Å². The standard InChI is InChI=1S/C12H15N3O4/c1-2-12(17)7-14(8-12)11(16)13-9-4-3-5-10(6-9)15(18)19/h3-6,17H,2,7-8H2,1H3,(H,13,16). The highest BCUT2D eigenvalue weighted by atomic mass is 16.6. The van der Waals surface area contributed by atoms with Crippen molar-refractivity contribution < 1.29 is 14.8 Å². The van der Waals surface area contributed by atoms with Crippen molar-refractivity contribution in [3.8, 4) is 0 Å². The molecule has 7 heteroatoms. The number of likely N-dealkylation sites (tertiary alicyclic amines) is 1. The molecule has 2 rings (SSSR count). The summed E-state index contributed by atoms with van der Waals surface area (Å²) in [5.74, 6) is 0. The average molecular weight is 265 g/mol. The van der Waals surface area contributed by atoms with Gasteiger partial charge in [-0.1, -0.05) is 13.0 Å². The van der Waals surface area contributed by atoms with E-state index in [2.05, 4.69) is 5.32 Å². The largest absolute Gasteiger partial charge is 0.386 e. The van der Waals surface area contributed by atoms with Crippen LogP contribution in [0.1, 0.15) is 13.3 Å². The molecule has 7 nitrogen and oxygen atoms in total. The Morgan fingerprint density at radius 1 is 1.58 bits per heavy atom. The molecule has 1 aromatic carbocycles. The lowest BCUT2D eigenvalue weighted by molar-refractivity contribution is -0.384. The molecule has 102 valence electrons. The molecular weight excluding hydrogens is 250 g/mol. The number of rotatable bonds is 3. The van der Waals surface area contributed by atoms with Crippen molar-refractivity contribution in [3.63, 3.8) is 0 Å². The number of carbonyl (C=O) groups excluding carboxylic acids is 1. The van der Waals surface area contributed by atoms with Crippen LogP contribution in [0.25, 0.3) is 0 Å². The molecule has 1 heterocycles. The second kappa shape index (κ2) is 4.85. The van der Waals surface area contributed by atoms with E-state index in [0.717, 1.165) is 0 Å². The first-order valence-corrected chi connectivity index (χ1v) is 5.96. The van der Waals surface area contributed by atoms with Crippen molar-refractivity contribution in [3.05, 3.63) is 34.4 Å². The molecule has 0 atom stereocenters. The van der Waals surface area contributed by atoms with E-state index in [1.807, 2.05) is 6.92 Å². The van der Waals surface area contributed by atoms with Gasteiger partial charge >= 0.3 is 6.03 Å². The van der Waals surface area contributed by atoms with Gasteiger partial charge in [0.2, 0.25) is 0 Å². The highest BCUT2D eigenvalue weighted by Gasteiger charge is 2.42. The normalized spacial score (nSPS) is 16.6. The van der Waals surface area contributed by atoms with Gasteiger partial charge in [-0.15, -0.1) is 0 Å². The van der Waals surface area contributed by atoms with Crippen LogP contribution in [0.2, 0.25) is 0 Å². The van der Waals surface area contributed by atoms with Gasteiger partial charge in [-0.05, 0) is 12.5 Å². The highest BCUT2D eigenvalue weighted by molar-refractivity contribution is 5.90. The van der Waals surface area contributed by atoms with Crippen LogP contribution in [0.5, 0.6) is 0 Å². The van der Waals surface area contributed by atoms with E-state index in [9.17, 15) is 20.0 Å². The zero-order chi connectivity index (χ0) is 14.0. The lowest BCUT2D eigenvalue weighted by Crippen LogP contribution is -2.63. The summed E-state index contributed by atoms with van der Waals surface area (Å²) in [4.78, 5) is 23.4. The molecule has 1 fully saturated rings. The Bertz CT molecular complexity index is 511. The van der Waals surface area contributed by atoms with E-state index in [0.29, 0.717) is 12.1 Å². The van der Waals surface area contributed by atoms with E-state index < -0.39 is 10.5 Å². The minimum absolute atomic E-state index is 0.0773. The fourth-order valence-corrected chi connectivity index (χ4v) is 1.93. The minimum atomic E-state index is -0.792.